The van der Waals surface area contributed by atoms with Crippen LogP contribution in [0.5, 0.6) is 0 Å². The molecular formula is C18H34O2. The summed E-state index contributed by atoms with van der Waals surface area (Å²) in [6.45, 7) is 3.83. The highest BCUT2D eigenvalue weighted by Gasteiger charge is 2.15. The molecule has 0 aromatic carbocycles. The topological polar surface area (TPSA) is 18.5 Å². The molecule has 2 aliphatic carbocycles. The molecule has 20 heavy (non-hydrogen) atoms. The predicted octanol–water partition coefficient (Wildman–Crippen LogP) is 5.31. The Hall–Kier alpha value is -0.0800. The zero-order valence-electron chi connectivity index (χ0n) is 13.4. The van der Waals surface area contributed by atoms with Crippen molar-refractivity contribution in [1.29, 1.82) is 0 Å². The first-order chi connectivity index (χ1) is 9.84. The van der Waals surface area contributed by atoms with Gasteiger partial charge in [-0.3, -0.25) is 0 Å². The maximum Gasteiger partial charge on any atom is 0.154 e. The lowest BCUT2D eigenvalue weighted by atomic mass is 9.87. The molecule has 0 heterocycles. The molecule has 0 N–H and O–H groups in total. The fraction of sp³-hybridized carbons (Fsp3) is 1.00. The molecule has 0 aromatic heterocycles. The molecule has 2 nitrogen and oxygen atoms in total. The minimum absolute atomic E-state index is 0.0119. The van der Waals surface area contributed by atoms with E-state index in [-0.39, 0.29) is 6.29 Å². The van der Waals surface area contributed by atoms with Gasteiger partial charge < -0.3 is 9.47 Å². The zero-order valence-corrected chi connectivity index (χ0v) is 13.4. The van der Waals surface area contributed by atoms with Crippen LogP contribution in [0.3, 0.4) is 0 Å². The van der Waals surface area contributed by atoms with Crippen LogP contribution in [-0.2, 0) is 9.47 Å². The molecule has 2 heteroatoms. The Morgan fingerprint density at radius 2 is 1.10 bits per heavy atom. The van der Waals surface area contributed by atoms with Gasteiger partial charge in [-0.2, -0.15) is 0 Å². The summed E-state index contributed by atoms with van der Waals surface area (Å²) in [7, 11) is 0. The molecule has 0 unspecified atom stereocenters. The number of hydrogen-bond acceptors (Lipinski definition) is 2. The van der Waals surface area contributed by atoms with Crippen LogP contribution in [0, 0.1) is 11.8 Å². The summed E-state index contributed by atoms with van der Waals surface area (Å²) in [4.78, 5) is 0. The van der Waals surface area contributed by atoms with Gasteiger partial charge in [-0.15, -0.1) is 0 Å². The SMILES string of the molecule is CC(OCCC1CCCCC1)OCCC1CCCCC1. The van der Waals surface area contributed by atoms with Crippen molar-refractivity contribution in [2.75, 3.05) is 13.2 Å². The van der Waals surface area contributed by atoms with E-state index >= 15 is 0 Å². The molecule has 0 radical (unpaired) electrons. The van der Waals surface area contributed by atoms with Crippen molar-refractivity contribution < 1.29 is 9.47 Å². The third kappa shape index (κ3) is 6.58. The van der Waals surface area contributed by atoms with Gasteiger partial charge >= 0.3 is 0 Å². The lowest BCUT2D eigenvalue weighted by Crippen LogP contribution is -2.18. The minimum atomic E-state index is -0.0119. The van der Waals surface area contributed by atoms with Crippen LogP contribution in [0.25, 0.3) is 0 Å². The van der Waals surface area contributed by atoms with Crippen molar-refractivity contribution in [3.63, 3.8) is 0 Å². The highest BCUT2D eigenvalue weighted by molar-refractivity contribution is 4.66. The largest absolute Gasteiger partial charge is 0.353 e. The first kappa shape index (κ1) is 16.3. The van der Waals surface area contributed by atoms with Crippen LogP contribution < -0.4 is 0 Å². The second kappa shape index (κ2) is 9.78. The van der Waals surface area contributed by atoms with Crippen molar-refractivity contribution in [3.8, 4) is 0 Å². The Morgan fingerprint density at radius 1 is 0.700 bits per heavy atom. The molecule has 118 valence electrons. The summed E-state index contributed by atoms with van der Waals surface area (Å²) < 4.78 is 11.6. The van der Waals surface area contributed by atoms with Crippen molar-refractivity contribution in [1.82, 2.24) is 0 Å². The standard InChI is InChI=1S/C18H34O2/c1-16(19-14-12-17-8-4-2-5-9-17)20-15-13-18-10-6-3-7-11-18/h16-18H,2-15H2,1H3. The monoisotopic (exact) mass is 282 g/mol. The average molecular weight is 282 g/mol. The van der Waals surface area contributed by atoms with E-state index < -0.39 is 0 Å². The summed E-state index contributed by atoms with van der Waals surface area (Å²) in [5.41, 5.74) is 0. The van der Waals surface area contributed by atoms with E-state index in [4.69, 9.17) is 9.47 Å². The summed E-state index contributed by atoms with van der Waals surface area (Å²) in [6.07, 6.45) is 16.7. The molecular weight excluding hydrogens is 248 g/mol. The molecule has 0 spiro atoms. The van der Waals surface area contributed by atoms with Crippen LogP contribution in [0.1, 0.15) is 84.0 Å². The highest BCUT2D eigenvalue weighted by atomic mass is 16.7. The van der Waals surface area contributed by atoms with E-state index in [0.29, 0.717) is 0 Å². The van der Waals surface area contributed by atoms with Crippen LogP contribution in [-0.4, -0.2) is 19.5 Å². The van der Waals surface area contributed by atoms with Gasteiger partial charge in [0.1, 0.15) is 0 Å². The first-order valence-corrected chi connectivity index (χ1v) is 9.08. The molecule has 0 atom stereocenters. The fourth-order valence-corrected chi connectivity index (χ4v) is 3.80. The van der Waals surface area contributed by atoms with Crippen LogP contribution in [0.4, 0.5) is 0 Å². The molecule has 0 amide bonds. The van der Waals surface area contributed by atoms with Gasteiger partial charge in [0, 0.05) is 13.2 Å². The van der Waals surface area contributed by atoms with Crippen molar-refractivity contribution >= 4 is 0 Å². The Balaban J connectivity index is 1.44. The number of ether oxygens (including phenoxy) is 2. The third-order valence-electron chi connectivity index (χ3n) is 5.21. The molecule has 0 aromatic rings. The van der Waals surface area contributed by atoms with E-state index in [1.807, 2.05) is 0 Å². The van der Waals surface area contributed by atoms with Crippen LogP contribution in [0.2, 0.25) is 0 Å². The average Bonchev–Trinajstić information content (AvgIpc) is 2.49. The third-order valence-corrected chi connectivity index (χ3v) is 5.21. The van der Waals surface area contributed by atoms with Gasteiger partial charge in [0.25, 0.3) is 0 Å². The van der Waals surface area contributed by atoms with E-state index in [2.05, 4.69) is 6.92 Å². The quantitative estimate of drug-likeness (QED) is 0.562. The van der Waals surface area contributed by atoms with Gasteiger partial charge in [0.05, 0.1) is 0 Å². The second-order valence-corrected chi connectivity index (χ2v) is 6.89. The Kier molecular flexibility index (Phi) is 7.97. The van der Waals surface area contributed by atoms with Gasteiger partial charge in [-0.05, 0) is 31.6 Å². The lowest BCUT2D eigenvalue weighted by molar-refractivity contribution is -0.135. The summed E-state index contributed by atoms with van der Waals surface area (Å²) >= 11 is 0. The van der Waals surface area contributed by atoms with Gasteiger partial charge in [0.15, 0.2) is 6.29 Å². The van der Waals surface area contributed by atoms with E-state index in [1.54, 1.807) is 0 Å². The van der Waals surface area contributed by atoms with E-state index in [0.717, 1.165) is 25.0 Å². The van der Waals surface area contributed by atoms with Crippen LogP contribution in [0.15, 0.2) is 0 Å². The van der Waals surface area contributed by atoms with Gasteiger partial charge in [-0.25, -0.2) is 0 Å². The number of rotatable bonds is 8. The molecule has 0 saturated heterocycles. The van der Waals surface area contributed by atoms with Gasteiger partial charge in [-0.1, -0.05) is 64.2 Å². The van der Waals surface area contributed by atoms with Crippen molar-refractivity contribution in [2.45, 2.75) is 90.3 Å². The Labute approximate surface area is 125 Å². The molecule has 0 bridgehead atoms. The van der Waals surface area contributed by atoms with Crippen molar-refractivity contribution in [2.24, 2.45) is 11.8 Å². The first-order valence-electron chi connectivity index (χ1n) is 9.08. The number of hydrogen-bond donors (Lipinski definition) is 0. The molecule has 0 aliphatic heterocycles. The van der Waals surface area contributed by atoms with Crippen molar-refractivity contribution in [3.05, 3.63) is 0 Å². The molecule has 2 saturated carbocycles. The smallest absolute Gasteiger partial charge is 0.154 e. The molecule has 2 fully saturated rings. The van der Waals surface area contributed by atoms with E-state index in [9.17, 15) is 0 Å². The summed E-state index contributed by atoms with van der Waals surface area (Å²) in [6, 6.07) is 0. The highest BCUT2D eigenvalue weighted by Crippen LogP contribution is 2.27. The summed E-state index contributed by atoms with van der Waals surface area (Å²) in [5.74, 6) is 1.83. The second-order valence-electron chi connectivity index (χ2n) is 6.89. The minimum Gasteiger partial charge on any atom is -0.353 e. The Morgan fingerprint density at radius 3 is 1.50 bits per heavy atom. The zero-order chi connectivity index (χ0) is 14.0. The molecule has 2 rings (SSSR count). The Bertz CT molecular complexity index is 206. The normalized spacial score (nSPS) is 22.5. The lowest BCUT2D eigenvalue weighted by Gasteiger charge is -2.23. The predicted molar refractivity (Wildman–Crippen MR) is 83.8 cm³/mol. The maximum absolute atomic E-state index is 5.81. The van der Waals surface area contributed by atoms with Crippen LogP contribution >= 0.6 is 0 Å². The fourth-order valence-electron chi connectivity index (χ4n) is 3.80. The molecule has 2 aliphatic rings. The summed E-state index contributed by atoms with van der Waals surface area (Å²) in [5, 5.41) is 0. The van der Waals surface area contributed by atoms with E-state index in [1.165, 1.54) is 77.0 Å². The maximum atomic E-state index is 5.81. The van der Waals surface area contributed by atoms with Gasteiger partial charge in [0.2, 0.25) is 0 Å².